The highest BCUT2D eigenvalue weighted by atomic mass is 19.1. The van der Waals surface area contributed by atoms with Crippen LogP contribution in [0.4, 0.5) is 8.78 Å². The molecule has 0 aliphatic heterocycles. The molecule has 0 radical (unpaired) electrons. The average molecular weight is 509 g/mol. The highest BCUT2D eigenvalue weighted by molar-refractivity contribution is 5.81. The van der Waals surface area contributed by atoms with Crippen molar-refractivity contribution in [2.75, 3.05) is 6.54 Å². The largest absolute Gasteiger partial charge is 0.390 e. The number of aromatic nitrogens is 2. The lowest BCUT2D eigenvalue weighted by molar-refractivity contribution is -0.122. The molecule has 4 rings (SSSR count). The minimum Gasteiger partial charge on any atom is -0.390 e. The van der Waals surface area contributed by atoms with E-state index in [-0.39, 0.29) is 31.0 Å². The van der Waals surface area contributed by atoms with E-state index in [1.807, 2.05) is 18.2 Å². The number of aliphatic hydroxyl groups is 1. The summed E-state index contributed by atoms with van der Waals surface area (Å²) in [6, 6.07) is 15.6. The fraction of sp³-hybridized carbons (Fsp3) is 0.286. The van der Waals surface area contributed by atoms with Crippen molar-refractivity contribution in [3.05, 3.63) is 105 Å². The molecule has 4 aromatic rings. The number of aromatic amines is 2. The van der Waals surface area contributed by atoms with Gasteiger partial charge in [-0.05, 0) is 59.4 Å². The van der Waals surface area contributed by atoms with E-state index >= 15 is 0 Å². The Hall–Kier alpha value is -3.82. The molecule has 9 heteroatoms. The van der Waals surface area contributed by atoms with Crippen LogP contribution in [-0.2, 0) is 30.6 Å². The Kier molecular flexibility index (Phi) is 8.47. The second kappa shape index (κ2) is 11.9. The van der Waals surface area contributed by atoms with Crippen LogP contribution in [0, 0.1) is 11.6 Å². The minimum absolute atomic E-state index is 0.00111. The van der Waals surface area contributed by atoms with Crippen LogP contribution in [-0.4, -0.2) is 39.7 Å². The van der Waals surface area contributed by atoms with E-state index in [4.69, 9.17) is 0 Å². The highest BCUT2D eigenvalue weighted by Crippen LogP contribution is 2.14. The molecule has 7 nitrogen and oxygen atoms in total. The molecule has 0 unspecified atom stereocenters. The molecule has 0 aliphatic carbocycles. The topological polar surface area (TPSA) is 110 Å². The van der Waals surface area contributed by atoms with E-state index < -0.39 is 23.8 Å². The number of carbonyl (C=O) groups excluding carboxylic acids is 1. The van der Waals surface area contributed by atoms with Gasteiger partial charge in [0.05, 0.1) is 29.6 Å². The van der Waals surface area contributed by atoms with Gasteiger partial charge in [0.1, 0.15) is 11.6 Å². The van der Waals surface area contributed by atoms with Gasteiger partial charge in [0, 0.05) is 19.2 Å². The minimum atomic E-state index is -1.02. The molecule has 5 N–H and O–H groups in total. The number of hydrogen-bond acceptors (Lipinski definition) is 4. The number of fused-ring (bicyclic) bond motifs is 1. The molecule has 1 amide bonds. The summed E-state index contributed by atoms with van der Waals surface area (Å²) in [5, 5.41) is 17.0. The first kappa shape index (κ1) is 26.2. The van der Waals surface area contributed by atoms with Crippen LogP contribution in [0.15, 0.2) is 65.5 Å². The van der Waals surface area contributed by atoms with E-state index in [1.54, 1.807) is 18.2 Å². The van der Waals surface area contributed by atoms with Crippen LogP contribution in [0.3, 0.4) is 0 Å². The fourth-order valence-electron chi connectivity index (χ4n) is 4.37. The van der Waals surface area contributed by atoms with Crippen molar-refractivity contribution in [3.8, 4) is 0 Å². The normalized spacial score (nSPS) is 13.0. The summed E-state index contributed by atoms with van der Waals surface area (Å²) in [4.78, 5) is 29.7. The zero-order valence-corrected chi connectivity index (χ0v) is 20.5. The summed E-state index contributed by atoms with van der Waals surface area (Å²) >= 11 is 0. The zero-order valence-electron chi connectivity index (χ0n) is 20.5. The number of halogens is 2. The third-order valence-corrected chi connectivity index (χ3v) is 6.22. The summed E-state index contributed by atoms with van der Waals surface area (Å²) in [7, 11) is 0. The standard InChI is InChI=1S/C28H30F2N4O3/c1-2-17-4-3-5-19(8-17)15-31-16-26(35)25(12-20-9-21(29)14-22(30)10-20)32-27(36)13-18-6-7-23-24(11-18)34-28(37)33-23/h3-11,14,25-26,31,35H,2,12-13,15-16H2,1H3,(H,32,36)(H2,33,34,37)/t25-,26-/m0/s1. The monoisotopic (exact) mass is 508 g/mol. The van der Waals surface area contributed by atoms with E-state index in [0.29, 0.717) is 28.7 Å². The number of H-pyrrole nitrogens is 2. The molecule has 194 valence electrons. The van der Waals surface area contributed by atoms with Gasteiger partial charge in [0.25, 0.3) is 0 Å². The molecule has 0 saturated carbocycles. The second-order valence-electron chi connectivity index (χ2n) is 9.16. The predicted octanol–water partition coefficient (Wildman–Crippen LogP) is 3.12. The van der Waals surface area contributed by atoms with Gasteiger partial charge in [0.15, 0.2) is 0 Å². The van der Waals surface area contributed by atoms with Crippen molar-refractivity contribution < 1.29 is 18.7 Å². The third kappa shape index (κ3) is 7.34. The molecule has 0 fully saturated rings. The molecule has 1 heterocycles. The van der Waals surface area contributed by atoms with E-state index in [2.05, 4.69) is 33.6 Å². The van der Waals surface area contributed by atoms with Crippen LogP contribution in [0.5, 0.6) is 0 Å². The summed E-state index contributed by atoms with van der Waals surface area (Å²) in [5.74, 6) is -1.82. The van der Waals surface area contributed by atoms with Crippen LogP contribution in [0.25, 0.3) is 11.0 Å². The van der Waals surface area contributed by atoms with Crippen LogP contribution in [0.1, 0.15) is 29.2 Å². The Labute approximate surface area is 212 Å². The summed E-state index contributed by atoms with van der Waals surface area (Å²) in [6.45, 7) is 2.76. The maximum Gasteiger partial charge on any atom is 0.323 e. The highest BCUT2D eigenvalue weighted by Gasteiger charge is 2.22. The maximum absolute atomic E-state index is 13.8. The number of carbonyl (C=O) groups is 1. The first-order valence-corrected chi connectivity index (χ1v) is 12.2. The van der Waals surface area contributed by atoms with Gasteiger partial charge in [0.2, 0.25) is 5.91 Å². The molecule has 2 atom stereocenters. The van der Waals surface area contributed by atoms with Crippen molar-refractivity contribution in [2.45, 2.75) is 44.9 Å². The number of rotatable bonds is 11. The Morgan fingerprint density at radius 1 is 0.919 bits per heavy atom. The number of benzene rings is 3. The molecule has 0 saturated heterocycles. The molecule has 0 bridgehead atoms. The van der Waals surface area contributed by atoms with Crippen LogP contribution >= 0.6 is 0 Å². The summed E-state index contributed by atoms with van der Waals surface area (Å²) < 4.78 is 27.6. The molecular formula is C28H30F2N4O3. The first-order valence-electron chi connectivity index (χ1n) is 12.2. The predicted molar refractivity (Wildman–Crippen MR) is 138 cm³/mol. The van der Waals surface area contributed by atoms with Crippen LogP contribution < -0.4 is 16.3 Å². The number of hydrogen-bond donors (Lipinski definition) is 5. The fourth-order valence-corrected chi connectivity index (χ4v) is 4.37. The van der Waals surface area contributed by atoms with Crippen molar-refractivity contribution in [1.29, 1.82) is 0 Å². The van der Waals surface area contributed by atoms with Crippen molar-refractivity contribution in [1.82, 2.24) is 20.6 Å². The maximum atomic E-state index is 13.8. The van der Waals surface area contributed by atoms with Gasteiger partial charge in [-0.1, -0.05) is 37.3 Å². The lowest BCUT2D eigenvalue weighted by Gasteiger charge is -2.25. The summed E-state index contributed by atoms with van der Waals surface area (Å²) in [6.07, 6.45) is -0.0602. The van der Waals surface area contributed by atoms with Gasteiger partial charge in [-0.2, -0.15) is 0 Å². The van der Waals surface area contributed by atoms with Gasteiger partial charge in [-0.15, -0.1) is 0 Å². The van der Waals surface area contributed by atoms with Crippen molar-refractivity contribution in [3.63, 3.8) is 0 Å². The number of aliphatic hydroxyl groups excluding tert-OH is 1. The lowest BCUT2D eigenvalue weighted by atomic mass is 10.00. The van der Waals surface area contributed by atoms with Gasteiger partial charge >= 0.3 is 5.69 Å². The van der Waals surface area contributed by atoms with Gasteiger partial charge < -0.3 is 25.7 Å². The zero-order chi connectivity index (χ0) is 26.4. The van der Waals surface area contributed by atoms with Crippen molar-refractivity contribution in [2.24, 2.45) is 0 Å². The number of imidazole rings is 1. The van der Waals surface area contributed by atoms with Gasteiger partial charge in [-0.25, -0.2) is 13.6 Å². The Morgan fingerprint density at radius 3 is 2.41 bits per heavy atom. The SMILES string of the molecule is CCc1cccc(CNC[C@H](O)[C@H](Cc2cc(F)cc(F)c2)NC(=O)Cc2ccc3[nH]c(=O)[nH]c3c2)c1. The molecule has 0 aliphatic rings. The average Bonchev–Trinajstić information content (AvgIpc) is 3.22. The Morgan fingerprint density at radius 2 is 1.65 bits per heavy atom. The molecule has 37 heavy (non-hydrogen) atoms. The Bertz CT molecular complexity index is 1410. The van der Waals surface area contributed by atoms with E-state index in [9.17, 15) is 23.5 Å². The quantitative estimate of drug-likeness (QED) is 0.214. The first-order chi connectivity index (χ1) is 17.8. The number of nitrogens with one attached hydrogen (secondary N) is 4. The third-order valence-electron chi connectivity index (χ3n) is 6.22. The van der Waals surface area contributed by atoms with Crippen molar-refractivity contribution >= 4 is 16.9 Å². The van der Waals surface area contributed by atoms with E-state index in [0.717, 1.165) is 18.1 Å². The number of amides is 1. The van der Waals surface area contributed by atoms with Crippen LogP contribution in [0.2, 0.25) is 0 Å². The second-order valence-corrected chi connectivity index (χ2v) is 9.16. The van der Waals surface area contributed by atoms with E-state index in [1.165, 1.54) is 17.7 Å². The Balaban J connectivity index is 1.44. The smallest absolute Gasteiger partial charge is 0.323 e. The molecule has 3 aromatic carbocycles. The lowest BCUT2D eigenvalue weighted by Crippen LogP contribution is -2.49. The summed E-state index contributed by atoms with van der Waals surface area (Å²) in [5.41, 5.74) is 4.14. The van der Waals surface area contributed by atoms with Gasteiger partial charge in [-0.3, -0.25) is 4.79 Å². The molecule has 1 aromatic heterocycles. The molecule has 0 spiro atoms. The molecular weight excluding hydrogens is 478 g/mol. The number of aryl methyl sites for hydroxylation is 1.